The minimum Gasteiger partial charge on any atom is -0.286 e. The van der Waals surface area contributed by atoms with Crippen molar-refractivity contribution in [2.75, 3.05) is 17.3 Å². The number of hydrogen-bond donors (Lipinski definition) is 3. The average molecular weight is 451 g/mol. The molecule has 0 spiro atoms. The topological polar surface area (TPSA) is 147 Å². The molecule has 0 amide bonds. The van der Waals surface area contributed by atoms with Crippen LogP contribution in [0.2, 0.25) is 0 Å². The fourth-order valence-electron chi connectivity index (χ4n) is 3.92. The summed E-state index contributed by atoms with van der Waals surface area (Å²) in [5.41, 5.74) is 0. The Labute approximate surface area is 165 Å². The molecule has 0 aromatic heterocycles. The van der Waals surface area contributed by atoms with Gasteiger partial charge in [0.1, 0.15) is 0 Å². The van der Waals surface area contributed by atoms with Gasteiger partial charge in [-0.1, -0.05) is 24.8 Å². The van der Waals surface area contributed by atoms with Crippen LogP contribution in [0, 0.1) is 23.7 Å². The third kappa shape index (κ3) is 12.3. The molecule has 4 atom stereocenters. The predicted molar refractivity (Wildman–Crippen MR) is 102 cm³/mol. The first-order valence-electron chi connectivity index (χ1n) is 9.02. The van der Waals surface area contributed by atoms with E-state index < -0.39 is 20.2 Å². The SMILES string of the molecule is CCC1CCC(CS(=O)(=O)O)C1.O=S(=O)(O)CC1CCC(CSOOO)C1. The summed E-state index contributed by atoms with van der Waals surface area (Å²) in [6, 6.07) is 0. The molecule has 0 aromatic rings. The Morgan fingerprint density at radius 2 is 1.30 bits per heavy atom. The maximum atomic E-state index is 10.6. The minimum atomic E-state index is -3.86. The normalized spacial score (nSPS) is 28.7. The molecule has 3 N–H and O–H groups in total. The van der Waals surface area contributed by atoms with Crippen molar-refractivity contribution in [1.82, 2.24) is 0 Å². The first kappa shape index (κ1) is 25.1. The van der Waals surface area contributed by atoms with Gasteiger partial charge in [-0.05, 0) is 55.8 Å². The zero-order chi connectivity index (χ0) is 20.5. The van der Waals surface area contributed by atoms with Gasteiger partial charge in [0.15, 0.2) is 0 Å². The fraction of sp³-hybridized carbons (Fsp3) is 1.00. The predicted octanol–water partition coefficient (Wildman–Crippen LogP) is 3.06. The average Bonchev–Trinajstić information content (AvgIpc) is 3.14. The van der Waals surface area contributed by atoms with Gasteiger partial charge in [-0.2, -0.15) is 16.8 Å². The van der Waals surface area contributed by atoms with Crippen LogP contribution in [0.25, 0.3) is 0 Å². The van der Waals surface area contributed by atoms with Gasteiger partial charge in [-0.25, -0.2) is 5.26 Å². The molecule has 2 fully saturated rings. The zero-order valence-corrected chi connectivity index (χ0v) is 17.8. The van der Waals surface area contributed by atoms with Crippen LogP contribution >= 0.6 is 12.0 Å². The summed E-state index contributed by atoms with van der Waals surface area (Å²) < 4.78 is 63.8. The molecule has 0 bridgehead atoms. The Balaban J connectivity index is 0.000000277. The molecule has 2 aliphatic carbocycles. The maximum Gasteiger partial charge on any atom is 0.265 e. The molecule has 162 valence electrons. The molecule has 0 aromatic carbocycles. The molecule has 4 unspecified atom stereocenters. The smallest absolute Gasteiger partial charge is 0.265 e. The summed E-state index contributed by atoms with van der Waals surface area (Å²) >= 11 is 0.986. The van der Waals surface area contributed by atoms with Gasteiger partial charge >= 0.3 is 0 Å². The summed E-state index contributed by atoms with van der Waals surface area (Å²) in [4.78, 5) is 0. The second-order valence-corrected chi connectivity index (χ2v) is 11.1. The Bertz CT molecular complexity index is 620. The summed E-state index contributed by atoms with van der Waals surface area (Å²) in [7, 11) is -7.60. The zero-order valence-electron chi connectivity index (χ0n) is 15.4. The molecule has 0 radical (unpaired) electrons. The van der Waals surface area contributed by atoms with Crippen molar-refractivity contribution in [3.63, 3.8) is 0 Å². The summed E-state index contributed by atoms with van der Waals surface area (Å²) in [5.74, 6) is 1.69. The molecule has 9 nitrogen and oxygen atoms in total. The second-order valence-electron chi connectivity index (χ2n) is 7.42. The molecular weight excluding hydrogens is 420 g/mol. The molecule has 27 heavy (non-hydrogen) atoms. The Morgan fingerprint density at radius 1 is 0.852 bits per heavy atom. The van der Waals surface area contributed by atoms with Crippen LogP contribution < -0.4 is 0 Å². The first-order valence-corrected chi connectivity index (χ1v) is 13.1. The van der Waals surface area contributed by atoms with Gasteiger partial charge in [0.05, 0.1) is 11.5 Å². The van der Waals surface area contributed by atoms with Crippen molar-refractivity contribution < 1.29 is 40.6 Å². The number of rotatable bonds is 9. The summed E-state index contributed by atoms with van der Waals surface area (Å²) in [5, 5.41) is 11.3. The molecule has 2 aliphatic rings. The highest BCUT2D eigenvalue weighted by molar-refractivity contribution is 7.94. The van der Waals surface area contributed by atoms with E-state index in [-0.39, 0.29) is 23.3 Å². The largest absolute Gasteiger partial charge is 0.286 e. The van der Waals surface area contributed by atoms with Crippen LogP contribution in [0.1, 0.15) is 51.9 Å². The molecular formula is C15H30O9S3. The van der Waals surface area contributed by atoms with E-state index in [0.29, 0.717) is 17.6 Å². The molecule has 12 heteroatoms. The van der Waals surface area contributed by atoms with Gasteiger partial charge in [-0.15, -0.1) is 4.33 Å². The molecule has 0 heterocycles. The summed E-state index contributed by atoms with van der Waals surface area (Å²) in [6.07, 6.45) is 6.63. The molecule has 0 saturated heterocycles. The van der Waals surface area contributed by atoms with Gasteiger partial charge in [0.2, 0.25) is 0 Å². The van der Waals surface area contributed by atoms with Crippen molar-refractivity contribution >= 4 is 32.3 Å². The Hall–Kier alpha value is 0.0500. The minimum absolute atomic E-state index is 0.0284. The van der Waals surface area contributed by atoms with E-state index in [9.17, 15) is 16.8 Å². The third-order valence-electron chi connectivity index (χ3n) is 5.15. The van der Waals surface area contributed by atoms with Crippen LogP contribution in [0.3, 0.4) is 0 Å². The molecule has 0 aliphatic heterocycles. The van der Waals surface area contributed by atoms with Gasteiger partial charge < -0.3 is 0 Å². The van der Waals surface area contributed by atoms with Gasteiger partial charge in [0.25, 0.3) is 20.2 Å². The fourth-order valence-corrected chi connectivity index (χ4v) is 6.31. The van der Waals surface area contributed by atoms with Crippen molar-refractivity contribution in [3.05, 3.63) is 0 Å². The van der Waals surface area contributed by atoms with Crippen LogP contribution in [0.15, 0.2) is 0 Å². The maximum absolute atomic E-state index is 10.6. The highest BCUT2D eigenvalue weighted by Crippen LogP contribution is 2.34. The van der Waals surface area contributed by atoms with Crippen molar-refractivity contribution in [2.45, 2.75) is 51.9 Å². The van der Waals surface area contributed by atoms with E-state index in [1.165, 1.54) is 0 Å². The number of hydrogen-bond acceptors (Lipinski definition) is 8. The lowest BCUT2D eigenvalue weighted by Gasteiger charge is -2.08. The first-order chi connectivity index (χ1) is 12.5. The van der Waals surface area contributed by atoms with E-state index in [1.54, 1.807) is 0 Å². The highest BCUT2D eigenvalue weighted by atomic mass is 32.2. The lowest BCUT2D eigenvalue weighted by Crippen LogP contribution is -2.13. The highest BCUT2D eigenvalue weighted by Gasteiger charge is 2.28. The molecule has 2 saturated carbocycles. The summed E-state index contributed by atoms with van der Waals surface area (Å²) in [6.45, 7) is 2.13. The van der Waals surface area contributed by atoms with E-state index in [1.807, 2.05) is 0 Å². The van der Waals surface area contributed by atoms with Crippen molar-refractivity contribution in [3.8, 4) is 0 Å². The lowest BCUT2D eigenvalue weighted by molar-refractivity contribution is -0.432. The standard InChI is InChI=1S/C8H16O3S.C7H14O6S2/c1-2-7-3-4-8(5-7)6-12(9,10)11;8-12-13-14-4-6-1-2-7(3-6)5-15(9,10)11/h7-8H,2-6H2,1H3,(H,9,10,11);6-8H,1-5H2,(H,9,10,11). The van der Waals surface area contributed by atoms with Crippen LogP contribution in [0.4, 0.5) is 0 Å². The monoisotopic (exact) mass is 450 g/mol. The Kier molecular flexibility index (Phi) is 11.1. The van der Waals surface area contributed by atoms with Gasteiger partial charge in [0, 0.05) is 17.8 Å². The lowest BCUT2D eigenvalue weighted by atomic mass is 10.0. The van der Waals surface area contributed by atoms with E-state index in [2.05, 4.69) is 16.3 Å². The quantitative estimate of drug-likeness (QED) is 0.157. The van der Waals surface area contributed by atoms with E-state index in [4.69, 9.17) is 14.4 Å². The van der Waals surface area contributed by atoms with Gasteiger partial charge in [-0.3, -0.25) is 9.11 Å². The second kappa shape index (κ2) is 11.9. The Morgan fingerprint density at radius 3 is 1.70 bits per heavy atom. The van der Waals surface area contributed by atoms with Crippen molar-refractivity contribution in [1.29, 1.82) is 0 Å². The molecule has 2 rings (SSSR count). The van der Waals surface area contributed by atoms with Crippen molar-refractivity contribution in [2.24, 2.45) is 23.7 Å². The third-order valence-corrected chi connectivity index (χ3v) is 7.70. The van der Waals surface area contributed by atoms with E-state index in [0.717, 1.165) is 57.0 Å². The van der Waals surface area contributed by atoms with Crippen LogP contribution in [-0.4, -0.2) is 48.5 Å². The van der Waals surface area contributed by atoms with E-state index >= 15 is 0 Å². The van der Waals surface area contributed by atoms with Crippen LogP contribution in [-0.2, 0) is 29.6 Å². The van der Waals surface area contributed by atoms with Crippen LogP contribution in [0.5, 0.6) is 0 Å².